The number of nitrogens with zero attached hydrogens (tertiary/aromatic N) is 3. The molecule has 7 aromatic carbocycles. The van der Waals surface area contributed by atoms with Crippen LogP contribution in [0.1, 0.15) is 60.3 Å². The molecule has 3 heterocycles. The third-order valence-electron chi connectivity index (χ3n) is 10.8. The number of imidazole rings is 1. The number of para-hydroxylation sites is 2. The molecule has 3 aromatic heterocycles. The first-order valence-corrected chi connectivity index (χ1v) is 22.5. The first-order chi connectivity index (χ1) is 30.0. The molecule has 0 saturated heterocycles. The molecule has 297 valence electrons. The van der Waals surface area contributed by atoms with Crippen molar-refractivity contribution in [2.45, 2.75) is 46.4 Å². The molecule has 0 spiro atoms. The maximum absolute atomic E-state index is 7.23. The first-order valence-electron chi connectivity index (χ1n) is 21.6. The quantitative estimate of drug-likeness (QED) is 0.118. The van der Waals surface area contributed by atoms with E-state index in [1.807, 2.05) is 18.2 Å². The van der Waals surface area contributed by atoms with E-state index in [2.05, 4.69) is 177 Å². The zero-order chi connectivity index (χ0) is 43.0. The Kier molecular flexibility index (Phi) is 11.3. The standard InChI is InChI=1S/C43H35N2Te.C12H10N.Ir/c1-27(2)36-24-32(30-16-9-6-10-17-30)25-37(28(3)4)41(36)45-39-21-12-11-20-38(39)44-43(45)35-19-13-18-34-33-23-22-31(26-40(33)46-42(34)35)29-14-7-5-8-15-29;1-10-7-8-12(13-9-10)11-5-3-2-4-6-11;/h5-18,20-28H,1-4H3;2-5,7-9H,1H3;/q2*-1;/i;1D3;. The van der Waals surface area contributed by atoms with Crippen molar-refractivity contribution in [2.75, 3.05) is 0 Å². The summed E-state index contributed by atoms with van der Waals surface area (Å²) < 4.78 is 27.1. The van der Waals surface area contributed by atoms with E-state index in [4.69, 9.17) is 9.10 Å². The van der Waals surface area contributed by atoms with Gasteiger partial charge in [-0.25, -0.2) is 0 Å². The van der Waals surface area contributed by atoms with Gasteiger partial charge >= 0.3 is 282 Å². The van der Waals surface area contributed by atoms with Gasteiger partial charge in [0.15, 0.2) is 0 Å². The predicted molar refractivity (Wildman–Crippen MR) is 250 cm³/mol. The number of fused-ring (bicyclic) bond motifs is 4. The van der Waals surface area contributed by atoms with Crippen molar-refractivity contribution in [3.63, 3.8) is 0 Å². The zero-order valence-electron chi connectivity index (χ0n) is 36.9. The van der Waals surface area contributed by atoms with Crippen molar-refractivity contribution in [1.82, 2.24) is 14.5 Å². The summed E-state index contributed by atoms with van der Waals surface area (Å²) in [4.78, 5) is 9.52. The van der Waals surface area contributed by atoms with Gasteiger partial charge in [0.05, 0.1) is 0 Å². The van der Waals surface area contributed by atoms with Gasteiger partial charge in [-0.1, -0.05) is 12.1 Å². The fourth-order valence-corrected chi connectivity index (χ4v) is 11.4. The minimum Gasteiger partial charge on any atom is -0.304 e. The molecule has 0 aliphatic rings. The van der Waals surface area contributed by atoms with Crippen LogP contribution in [-0.2, 0) is 20.1 Å². The van der Waals surface area contributed by atoms with Gasteiger partial charge in [-0.3, -0.25) is 0 Å². The maximum Gasteiger partial charge on any atom is 0.0280 e. The van der Waals surface area contributed by atoms with Crippen LogP contribution in [0.15, 0.2) is 170 Å². The largest absolute Gasteiger partial charge is 0.304 e. The molecule has 10 aromatic rings. The molecule has 3 nitrogen and oxygen atoms in total. The van der Waals surface area contributed by atoms with Crippen LogP contribution in [0.5, 0.6) is 0 Å². The van der Waals surface area contributed by atoms with Crippen LogP contribution < -0.4 is 0 Å². The zero-order valence-corrected chi connectivity index (χ0v) is 38.6. The van der Waals surface area contributed by atoms with Crippen molar-refractivity contribution in [3.8, 4) is 50.6 Å². The summed E-state index contributed by atoms with van der Waals surface area (Å²) in [7, 11) is 0. The second kappa shape index (κ2) is 18.1. The molecule has 0 atom stereocenters. The van der Waals surface area contributed by atoms with Gasteiger partial charge in [-0.2, -0.15) is 0 Å². The van der Waals surface area contributed by atoms with E-state index >= 15 is 0 Å². The number of hydrogen-bond acceptors (Lipinski definition) is 2. The summed E-state index contributed by atoms with van der Waals surface area (Å²) in [6.45, 7) is 7.17. The Balaban J connectivity index is 0.000000271. The Morgan fingerprint density at radius 2 is 1.30 bits per heavy atom. The minimum atomic E-state index is -2.09. The average Bonchev–Trinajstić information content (AvgIpc) is 3.88. The topological polar surface area (TPSA) is 30.7 Å². The van der Waals surface area contributed by atoms with Crippen molar-refractivity contribution < 1.29 is 24.2 Å². The smallest absolute Gasteiger partial charge is 0.0280 e. The third kappa shape index (κ3) is 8.21. The van der Waals surface area contributed by atoms with Crippen LogP contribution >= 0.6 is 0 Å². The first kappa shape index (κ1) is 37.6. The van der Waals surface area contributed by atoms with Gasteiger partial charge in [0.25, 0.3) is 0 Å². The van der Waals surface area contributed by atoms with Crippen LogP contribution in [-0.4, -0.2) is 35.0 Å². The van der Waals surface area contributed by atoms with Crippen molar-refractivity contribution in [2.24, 2.45) is 0 Å². The molecule has 60 heavy (non-hydrogen) atoms. The van der Waals surface area contributed by atoms with Gasteiger partial charge in [-0.05, 0) is 18.1 Å². The summed E-state index contributed by atoms with van der Waals surface area (Å²) in [6.07, 6.45) is 1.39. The number of benzene rings is 7. The van der Waals surface area contributed by atoms with Crippen molar-refractivity contribution in [3.05, 3.63) is 199 Å². The molecule has 0 bridgehead atoms. The van der Waals surface area contributed by atoms with Crippen LogP contribution in [0, 0.1) is 19.0 Å². The maximum atomic E-state index is 7.23. The van der Waals surface area contributed by atoms with E-state index in [1.165, 1.54) is 62.8 Å². The van der Waals surface area contributed by atoms with Crippen LogP contribution in [0.2, 0.25) is 0 Å². The van der Waals surface area contributed by atoms with Crippen molar-refractivity contribution >= 4 is 49.0 Å². The second-order valence-electron chi connectivity index (χ2n) is 15.4. The van der Waals surface area contributed by atoms with Gasteiger partial charge < -0.3 is 4.98 Å². The van der Waals surface area contributed by atoms with E-state index in [0.717, 1.165) is 33.7 Å². The van der Waals surface area contributed by atoms with E-state index in [-0.39, 0.29) is 25.7 Å². The molecular formula is C55H45IrN3Te-2. The van der Waals surface area contributed by atoms with Crippen LogP contribution in [0.25, 0.3) is 79.2 Å². The third-order valence-corrected chi connectivity index (χ3v) is 14.2. The summed E-state index contributed by atoms with van der Waals surface area (Å²) in [5.74, 6) is 1.64. The molecule has 0 saturated carbocycles. The van der Waals surface area contributed by atoms with E-state index in [1.54, 1.807) is 18.2 Å². The van der Waals surface area contributed by atoms with Crippen molar-refractivity contribution in [1.29, 1.82) is 0 Å². The Morgan fingerprint density at radius 1 is 0.617 bits per heavy atom. The molecule has 10 rings (SSSR count). The Morgan fingerprint density at radius 3 is 1.95 bits per heavy atom. The Labute approximate surface area is 381 Å². The fourth-order valence-electron chi connectivity index (χ4n) is 7.86. The average molecular weight is 1070 g/mol. The number of aryl methyl sites for hydroxylation is 1. The number of pyridine rings is 1. The molecule has 0 aliphatic heterocycles. The molecule has 0 N–H and O–H groups in total. The summed E-state index contributed by atoms with van der Waals surface area (Å²) >= 11 is -0.663. The van der Waals surface area contributed by atoms with Crippen LogP contribution in [0.3, 0.4) is 0 Å². The van der Waals surface area contributed by atoms with Crippen LogP contribution in [0.4, 0.5) is 0 Å². The molecule has 0 unspecified atom stereocenters. The van der Waals surface area contributed by atoms with E-state index in [9.17, 15) is 0 Å². The minimum absolute atomic E-state index is 0. The van der Waals surface area contributed by atoms with Gasteiger partial charge in [-0.15, -0.1) is 35.9 Å². The van der Waals surface area contributed by atoms with Gasteiger partial charge in [0.1, 0.15) is 0 Å². The summed E-state index contributed by atoms with van der Waals surface area (Å²) in [6, 6.07) is 63.9. The monoisotopic (exact) mass is 1070 g/mol. The molecule has 1 radical (unpaired) electrons. The Bertz CT molecular complexity index is 3130. The van der Waals surface area contributed by atoms with E-state index in [0.29, 0.717) is 11.8 Å². The molecule has 0 fully saturated rings. The predicted octanol–water partition coefficient (Wildman–Crippen LogP) is 14.3. The normalized spacial score (nSPS) is 12.2. The fraction of sp³-hybridized carbons (Fsp3) is 0.127. The SMILES string of the molecule is CC(C)c1cc(-c2ccccc2)cc(C(C)C)c1-n1c(-c2[c-]ccc3c2[te]c2cc(-c4ccccc4)ccc23)nc2ccccc21.[2H]C([2H])([2H])c1ccc(-c2[c-]cccc2)nc1.[Ir]. The molecular weight excluding hydrogens is 1020 g/mol. The number of aromatic nitrogens is 3. The van der Waals surface area contributed by atoms with Gasteiger partial charge in [0, 0.05) is 30.4 Å². The molecule has 0 aliphatic carbocycles. The molecule has 5 heteroatoms. The number of rotatable bonds is 7. The Hall–Kier alpha value is -5.40. The second-order valence-corrected chi connectivity index (χ2v) is 18.4. The summed E-state index contributed by atoms with van der Waals surface area (Å²) in [5.41, 5.74) is 14.2. The van der Waals surface area contributed by atoms with Gasteiger partial charge in [0.2, 0.25) is 0 Å². The summed E-state index contributed by atoms with van der Waals surface area (Å²) in [5, 5.41) is 2.71. The van der Waals surface area contributed by atoms with E-state index < -0.39 is 27.3 Å². The molecule has 0 amide bonds. The number of hydrogen-bond donors (Lipinski definition) is 0.